The number of nitrogens with zero attached hydrogens (tertiary/aromatic N) is 2. The van der Waals surface area contributed by atoms with Gasteiger partial charge < -0.3 is 0 Å². The number of aliphatic imine (C=N–C) groups is 2. The van der Waals surface area contributed by atoms with Crippen LogP contribution in [-0.2, 0) is 0 Å². The number of nitrogens with one attached hydrogen (secondary N) is 1. The van der Waals surface area contributed by atoms with Gasteiger partial charge in [0, 0.05) is 0 Å². The normalized spacial score (nSPS) is 12.5. The second kappa shape index (κ2) is 4.89. The van der Waals surface area contributed by atoms with Crippen LogP contribution in [0.25, 0.3) is 0 Å². The number of halogens is 1. The van der Waals surface area contributed by atoms with Gasteiger partial charge in [-0.2, -0.15) is 0 Å². The third-order valence-corrected chi connectivity index (χ3v) is 0.766. The van der Waals surface area contributed by atoms with Crippen molar-refractivity contribution >= 4 is 39.0 Å². The minimum atomic E-state index is 0.606. The Hall–Kier alpha value is -0.260. The largest absolute Gasteiger partial charge is 0.289 e. The van der Waals surface area contributed by atoms with Crippen molar-refractivity contribution in [1.82, 2.24) is 0 Å². The van der Waals surface area contributed by atoms with Crippen molar-refractivity contribution in [3.8, 4) is 0 Å². The lowest BCUT2D eigenvalue weighted by Crippen LogP contribution is -1.82. The van der Waals surface area contributed by atoms with Gasteiger partial charge in [0.25, 0.3) is 0 Å². The number of hydrogen-bond donors (Lipinski definition) is 1. The van der Waals surface area contributed by atoms with Crippen LogP contribution in [0.5, 0.6) is 0 Å². The third-order valence-electron chi connectivity index (χ3n) is 0.487. The summed E-state index contributed by atoms with van der Waals surface area (Å²) in [6.45, 7) is 1.74. The first kappa shape index (κ1) is 7.74. The first-order valence-corrected chi connectivity index (χ1v) is 3.22. The molecule has 4 heteroatoms. The highest BCUT2D eigenvalue weighted by Crippen LogP contribution is 1.78. The zero-order chi connectivity index (χ0) is 6.41. The van der Waals surface area contributed by atoms with Crippen LogP contribution in [0.2, 0.25) is 0 Å². The fraction of sp³-hybridized carbons (Fsp3) is 0.250. The number of rotatable bonds is 1. The molecular weight excluding hydrogens is 217 g/mol. The maximum atomic E-state index is 6.52. The lowest BCUT2D eigenvalue weighted by Gasteiger charge is -1.80. The van der Waals surface area contributed by atoms with E-state index in [4.69, 9.17) is 5.41 Å². The van der Waals surface area contributed by atoms with E-state index in [1.165, 1.54) is 0 Å². The molecule has 0 unspecified atom stereocenters. The highest BCUT2D eigenvalue weighted by molar-refractivity contribution is 14.1. The highest BCUT2D eigenvalue weighted by atomic mass is 127. The minimum absolute atomic E-state index is 0.606. The van der Waals surface area contributed by atoms with Crippen molar-refractivity contribution in [3.63, 3.8) is 0 Å². The van der Waals surface area contributed by atoms with E-state index in [2.05, 4.69) is 9.98 Å². The maximum Gasteiger partial charge on any atom is 0.127 e. The molecule has 8 heavy (non-hydrogen) atoms. The fourth-order valence-electron chi connectivity index (χ4n) is 0.197. The Morgan fingerprint density at radius 1 is 1.75 bits per heavy atom. The molecule has 3 nitrogen and oxygen atoms in total. The highest BCUT2D eigenvalue weighted by Gasteiger charge is 1.75. The molecule has 1 N–H and O–H groups in total. The summed E-state index contributed by atoms with van der Waals surface area (Å²) in [7, 11) is 0. The zero-order valence-electron chi connectivity index (χ0n) is 4.43. The number of amidine groups is 1. The Morgan fingerprint density at radius 3 is 2.75 bits per heavy atom. The van der Waals surface area contributed by atoms with Crippen LogP contribution in [0.1, 0.15) is 6.92 Å². The van der Waals surface area contributed by atoms with Crippen LogP contribution >= 0.6 is 22.6 Å². The summed E-state index contributed by atoms with van der Waals surface area (Å²) in [6, 6.07) is 0. The predicted molar refractivity (Wildman–Crippen MR) is 44.4 cm³/mol. The SMILES string of the molecule is CC(/N=C\I)=N/C=N. The standard InChI is InChI=1S/C4H6IN3/c1-4(7-2-5)8-3-6/h2-3,6H,1H3/b6-3?,7-2-,8-4-. The monoisotopic (exact) mass is 223 g/mol. The lowest BCUT2D eigenvalue weighted by atomic mass is 10.7. The molecule has 0 bridgehead atoms. The molecule has 0 aliphatic heterocycles. The van der Waals surface area contributed by atoms with Gasteiger partial charge in [-0.15, -0.1) is 0 Å². The van der Waals surface area contributed by atoms with Crippen molar-refractivity contribution in [3.05, 3.63) is 0 Å². The van der Waals surface area contributed by atoms with Crippen molar-refractivity contribution in [1.29, 1.82) is 5.41 Å². The molecule has 0 amide bonds. The fourth-order valence-corrected chi connectivity index (χ4v) is 0.600. The molecule has 44 valence electrons. The second-order valence-corrected chi connectivity index (χ2v) is 1.59. The molecule has 0 heterocycles. The third kappa shape index (κ3) is 3.91. The van der Waals surface area contributed by atoms with Crippen LogP contribution in [0, 0.1) is 5.41 Å². The van der Waals surface area contributed by atoms with Gasteiger partial charge in [0.15, 0.2) is 0 Å². The Bertz CT molecular complexity index is 127. The van der Waals surface area contributed by atoms with Crippen LogP contribution < -0.4 is 0 Å². The Balaban J connectivity index is 3.79. The van der Waals surface area contributed by atoms with E-state index in [1.807, 2.05) is 22.6 Å². The summed E-state index contributed by atoms with van der Waals surface area (Å²) in [5.74, 6) is 0.606. The predicted octanol–water partition coefficient (Wildman–Crippen LogP) is 1.48. The van der Waals surface area contributed by atoms with Crippen molar-refractivity contribution in [2.75, 3.05) is 0 Å². The van der Waals surface area contributed by atoms with Crippen molar-refractivity contribution in [2.24, 2.45) is 9.98 Å². The molecule has 0 aliphatic rings. The Kier molecular flexibility index (Phi) is 4.73. The van der Waals surface area contributed by atoms with Gasteiger partial charge in [-0.05, 0) is 29.5 Å². The Morgan fingerprint density at radius 2 is 2.38 bits per heavy atom. The molecule has 0 atom stereocenters. The molecule has 0 rings (SSSR count). The zero-order valence-corrected chi connectivity index (χ0v) is 6.58. The van der Waals surface area contributed by atoms with E-state index in [0.717, 1.165) is 6.34 Å². The molecule has 0 saturated carbocycles. The van der Waals surface area contributed by atoms with Crippen LogP contribution in [0.15, 0.2) is 9.98 Å². The van der Waals surface area contributed by atoms with Gasteiger partial charge in [0.1, 0.15) is 12.2 Å². The lowest BCUT2D eigenvalue weighted by molar-refractivity contribution is 1.48. The summed E-state index contributed by atoms with van der Waals surface area (Å²) >= 11 is 1.99. The average Bonchev–Trinajstić information content (AvgIpc) is 1.68. The van der Waals surface area contributed by atoms with E-state index in [9.17, 15) is 0 Å². The molecule has 0 aromatic heterocycles. The maximum absolute atomic E-state index is 6.52. The van der Waals surface area contributed by atoms with Gasteiger partial charge in [0.05, 0.1) is 4.22 Å². The minimum Gasteiger partial charge on any atom is -0.289 e. The smallest absolute Gasteiger partial charge is 0.127 e. The summed E-state index contributed by atoms with van der Waals surface area (Å²) < 4.78 is 1.61. The van der Waals surface area contributed by atoms with E-state index in [-0.39, 0.29) is 0 Å². The molecule has 0 spiro atoms. The topological polar surface area (TPSA) is 48.6 Å². The van der Waals surface area contributed by atoms with Gasteiger partial charge in [-0.3, -0.25) is 5.41 Å². The molecule has 0 aliphatic carbocycles. The first-order chi connectivity index (χ1) is 3.81. The van der Waals surface area contributed by atoms with E-state index < -0.39 is 0 Å². The van der Waals surface area contributed by atoms with Gasteiger partial charge in [-0.25, -0.2) is 9.98 Å². The van der Waals surface area contributed by atoms with Gasteiger partial charge >= 0.3 is 0 Å². The first-order valence-electron chi connectivity index (χ1n) is 1.97. The van der Waals surface area contributed by atoms with E-state index in [1.54, 1.807) is 11.1 Å². The van der Waals surface area contributed by atoms with E-state index in [0.29, 0.717) is 5.84 Å². The summed E-state index contributed by atoms with van der Waals surface area (Å²) in [6.07, 6.45) is 0.971. The molecular formula is C4H6IN3. The molecule has 0 aromatic rings. The van der Waals surface area contributed by atoms with Gasteiger partial charge in [-0.1, -0.05) is 0 Å². The molecule has 0 saturated heterocycles. The molecule has 0 aromatic carbocycles. The van der Waals surface area contributed by atoms with Crippen molar-refractivity contribution in [2.45, 2.75) is 6.92 Å². The van der Waals surface area contributed by atoms with Crippen LogP contribution in [0.3, 0.4) is 0 Å². The summed E-state index contributed by atoms with van der Waals surface area (Å²) in [5, 5.41) is 6.52. The average molecular weight is 223 g/mol. The van der Waals surface area contributed by atoms with Gasteiger partial charge in [0.2, 0.25) is 0 Å². The van der Waals surface area contributed by atoms with Crippen LogP contribution in [0.4, 0.5) is 0 Å². The Labute approximate surface area is 61.6 Å². The summed E-state index contributed by atoms with van der Waals surface area (Å²) in [5.41, 5.74) is 0. The second-order valence-electron chi connectivity index (χ2n) is 1.03. The van der Waals surface area contributed by atoms with E-state index >= 15 is 0 Å². The molecule has 0 radical (unpaired) electrons. The van der Waals surface area contributed by atoms with Crippen LogP contribution in [-0.4, -0.2) is 16.4 Å². The van der Waals surface area contributed by atoms with Crippen molar-refractivity contribution < 1.29 is 0 Å². The number of hydrogen-bond acceptors (Lipinski definition) is 1. The molecule has 0 fully saturated rings. The quantitative estimate of drug-likeness (QED) is 0.397. The summed E-state index contributed by atoms with van der Waals surface area (Å²) in [4.78, 5) is 7.34.